The van der Waals surface area contributed by atoms with Gasteiger partial charge in [-0.3, -0.25) is 4.79 Å². The van der Waals surface area contributed by atoms with Gasteiger partial charge in [-0.1, -0.05) is 19.9 Å². The Morgan fingerprint density at radius 2 is 2.00 bits per heavy atom. The summed E-state index contributed by atoms with van der Waals surface area (Å²) >= 11 is 0. The molecule has 0 saturated carbocycles. The Morgan fingerprint density at radius 1 is 1.33 bits per heavy atom. The molecular weight excluding hydrogens is 232 g/mol. The van der Waals surface area contributed by atoms with Crippen LogP contribution in [0.15, 0.2) is 24.3 Å². The maximum atomic E-state index is 12.0. The summed E-state index contributed by atoms with van der Waals surface area (Å²) in [5.74, 6) is -0.851. The molecule has 0 heterocycles. The van der Waals surface area contributed by atoms with Crippen LogP contribution in [0.5, 0.6) is 0 Å². The molecule has 0 aliphatic carbocycles. The Kier molecular flexibility index (Phi) is 4.71. The summed E-state index contributed by atoms with van der Waals surface area (Å²) in [6.07, 6.45) is 0. The third kappa shape index (κ3) is 3.48. The first-order chi connectivity index (χ1) is 8.45. The Morgan fingerprint density at radius 3 is 2.50 bits per heavy atom. The molecule has 0 bridgehead atoms. The number of amides is 1. The van der Waals surface area contributed by atoms with E-state index in [4.69, 9.17) is 5.73 Å². The highest BCUT2D eigenvalue weighted by molar-refractivity contribution is 5.97. The predicted molar refractivity (Wildman–Crippen MR) is 69.0 cm³/mol. The molecule has 0 spiro atoms. The van der Waals surface area contributed by atoms with Gasteiger partial charge < -0.3 is 15.8 Å². The maximum Gasteiger partial charge on any atom is 0.328 e. The first kappa shape index (κ1) is 14.0. The second kappa shape index (κ2) is 6.05. The minimum absolute atomic E-state index is 0.0533. The fraction of sp³-hybridized carbons (Fsp3) is 0.385. The van der Waals surface area contributed by atoms with Gasteiger partial charge in [0, 0.05) is 11.3 Å². The zero-order valence-electron chi connectivity index (χ0n) is 10.8. The van der Waals surface area contributed by atoms with Crippen LogP contribution in [0.4, 0.5) is 5.69 Å². The van der Waals surface area contributed by atoms with Crippen molar-refractivity contribution in [2.75, 3.05) is 12.8 Å². The molecule has 5 heteroatoms. The highest BCUT2D eigenvalue weighted by atomic mass is 16.5. The van der Waals surface area contributed by atoms with Crippen LogP contribution in [0.2, 0.25) is 0 Å². The van der Waals surface area contributed by atoms with Gasteiger partial charge in [0.1, 0.15) is 6.04 Å². The van der Waals surface area contributed by atoms with Crippen molar-refractivity contribution in [3.63, 3.8) is 0 Å². The van der Waals surface area contributed by atoms with Crippen molar-refractivity contribution in [3.8, 4) is 0 Å². The largest absolute Gasteiger partial charge is 0.467 e. The molecule has 1 unspecified atom stereocenters. The van der Waals surface area contributed by atoms with Crippen molar-refractivity contribution < 1.29 is 14.3 Å². The molecule has 1 atom stereocenters. The number of carbonyl (C=O) groups is 2. The maximum absolute atomic E-state index is 12.0. The summed E-state index contributed by atoms with van der Waals surface area (Å²) < 4.78 is 4.66. The third-order valence-corrected chi connectivity index (χ3v) is 2.56. The number of esters is 1. The number of nitrogens with two attached hydrogens (primary N) is 1. The Labute approximate surface area is 106 Å². The van der Waals surface area contributed by atoms with Crippen molar-refractivity contribution >= 4 is 17.6 Å². The molecular formula is C13H18N2O3. The summed E-state index contributed by atoms with van der Waals surface area (Å²) in [6.45, 7) is 3.67. The first-order valence-corrected chi connectivity index (χ1v) is 5.70. The van der Waals surface area contributed by atoms with Gasteiger partial charge in [0.05, 0.1) is 7.11 Å². The lowest BCUT2D eigenvalue weighted by atomic mass is 10.0. The zero-order valence-corrected chi connectivity index (χ0v) is 10.8. The van der Waals surface area contributed by atoms with Gasteiger partial charge >= 0.3 is 5.97 Å². The van der Waals surface area contributed by atoms with Crippen LogP contribution in [-0.2, 0) is 9.53 Å². The van der Waals surface area contributed by atoms with Crippen LogP contribution in [0.3, 0.4) is 0 Å². The van der Waals surface area contributed by atoms with Crippen LogP contribution in [-0.4, -0.2) is 25.0 Å². The standard InChI is InChI=1S/C13H18N2O3/c1-8(2)11(13(17)18-3)15-12(16)9-5-4-6-10(14)7-9/h4-8,11H,14H2,1-3H3,(H,15,16). The van der Waals surface area contributed by atoms with E-state index in [9.17, 15) is 9.59 Å². The van der Waals surface area contributed by atoms with Crippen molar-refractivity contribution in [1.82, 2.24) is 5.32 Å². The number of anilines is 1. The van der Waals surface area contributed by atoms with Crippen LogP contribution >= 0.6 is 0 Å². The minimum Gasteiger partial charge on any atom is -0.467 e. The van der Waals surface area contributed by atoms with Gasteiger partial charge in [-0.15, -0.1) is 0 Å². The summed E-state index contributed by atoms with van der Waals surface area (Å²) in [7, 11) is 1.30. The Bertz CT molecular complexity index is 444. The lowest BCUT2D eigenvalue weighted by Gasteiger charge is -2.19. The molecule has 1 aromatic rings. The third-order valence-electron chi connectivity index (χ3n) is 2.56. The summed E-state index contributed by atoms with van der Waals surface area (Å²) in [4.78, 5) is 23.5. The average molecular weight is 250 g/mol. The van der Waals surface area contributed by atoms with Crippen molar-refractivity contribution in [2.24, 2.45) is 5.92 Å². The fourth-order valence-electron chi connectivity index (χ4n) is 1.53. The number of hydrogen-bond donors (Lipinski definition) is 2. The minimum atomic E-state index is -0.663. The van der Waals surface area contributed by atoms with E-state index in [1.807, 2.05) is 13.8 Å². The molecule has 0 aliphatic heterocycles. The van der Waals surface area contributed by atoms with Crippen molar-refractivity contribution in [2.45, 2.75) is 19.9 Å². The number of methoxy groups -OCH3 is 1. The lowest BCUT2D eigenvalue weighted by molar-refractivity contribution is -0.144. The van der Waals surface area contributed by atoms with Gasteiger partial charge in [0.25, 0.3) is 5.91 Å². The molecule has 0 aromatic heterocycles. The average Bonchev–Trinajstić information content (AvgIpc) is 2.34. The molecule has 1 rings (SSSR count). The van der Waals surface area contributed by atoms with Crippen molar-refractivity contribution in [1.29, 1.82) is 0 Å². The second-order valence-corrected chi connectivity index (χ2v) is 4.34. The van der Waals surface area contributed by atoms with Gasteiger partial charge in [-0.25, -0.2) is 4.79 Å². The quantitative estimate of drug-likeness (QED) is 0.621. The van der Waals surface area contributed by atoms with Crippen LogP contribution in [0, 0.1) is 5.92 Å². The normalized spacial score (nSPS) is 12.0. The molecule has 3 N–H and O–H groups in total. The topological polar surface area (TPSA) is 81.4 Å². The van der Waals surface area contributed by atoms with Crippen molar-refractivity contribution in [3.05, 3.63) is 29.8 Å². The number of benzene rings is 1. The molecule has 0 fully saturated rings. The molecule has 0 radical (unpaired) electrons. The number of carbonyl (C=O) groups excluding carboxylic acids is 2. The van der Waals surface area contributed by atoms with Crippen LogP contribution in [0.1, 0.15) is 24.2 Å². The monoisotopic (exact) mass is 250 g/mol. The summed E-state index contributed by atoms with van der Waals surface area (Å²) in [5.41, 5.74) is 6.52. The summed E-state index contributed by atoms with van der Waals surface area (Å²) in [6, 6.07) is 5.91. The number of rotatable bonds is 4. The van der Waals surface area contributed by atoms with E-state index < -0.39 is 12.0 Å². The molecule has 5 nitrogen and oxygen atoms in total. The number of hydrogen-bond acceptors (Lipinski definition) is 4. The van der Waals surface area contributed by atoms with Gasteiger partial charge in [0.15, 0.2) is 0 Å². The number of nitrogen functional groups attached to an aromatic ring is 1. The van der Waals surface area contributed by atoms with Gasteiger partial charge in [-0.2, -0.15) is 0 Å². The van der Waals surface area contributed by atoms with E-state index in [-0.39, 0.29) is 11.8 Å². The molecule has 18 heavy (non-hydrogen) atoms. The number of ether oxygens (including phenoxy) is 1. The molecule has 1 aromatic carbocycles. The number of nitrogens with one attached hydrogen (secondary N) is 1. The van der Waals surface area contributed by atoms with E-state index in [1.54, 1.807) is 24.3 Å². The fourth-order valence-corrected chi connectivity index (χ4v) is 1.53. The van der Waals surface area contributed by atoms with E-state index in [0.717, 1.165) is 0 Å². The van der Waals surface area contributed by atoms with Crippen LogP contribution < -0.4 is 11.1 Å². The first-order valence-electron chi connectivity index (χ1n) is 5.70. The molecule has 0 aliphatic rings. The second-order valence-electron chi connectivity index (χ2n) is 4.34. The Balaban J connectivity index is 2.82. The SMILES string of the molecule is COC(=O)C(NC(=O)c1cccc(N)c1)C(C)C. The van der Waals surface area contributed by atoms with E-state index in [2.05, 4.69) is 10.1 Å². The smallest absolute Gasteiger partial charge is 0.328 e. The van der Waals surface area contributed by atoms with E-state index in [0.29, 0.717) is 11.3 Å². The van der Waals surface area contributed by atoms with E-state index in [1.165, 1.54) is 7.11 Å². The Hall–Kier alpha value is -2.04. The summed E-state index contributed by atoms with van der Waals surface area (Å²) in [5, 5.41) is 2.64. The van der Waals surface area contributed by atoms with Gasteiger partial charge in [0.2, 0.25) is 0 Å². The highest BCUT2D eigenvalue weighted by Crippen LogP contribution is 2.09. The predicted octanol–water partition coefficient (Wildman–Crippen LogP) is 1.20. The van der Waals surface area contributed by atoms with E-state index >= 15 is 0 Å². The lowest BCUT2D eigenvalue weighted by Crippen LogP contribution is -2.45. The molecule has 98 valence electrons. The van der Waals surface area contributed by atoms with Gasteiger partial charge in [-0.05, 0) is 24.1 Å². The highest BCUT2D eigenvalue weighted by Gasteiger charge is 2.25. The molecule has 0 saturated heterocycles. The zero-order chi connectivity index (χ0) is 13.7. The van der Waals surface area contributed by atoms with Crippen LogP contribution in [0.25, 0.3) is 0 Å². The molecule has 1 amide bonds.